The zero-order chi connectivity index (χ0) is 21.3. The van der Waals surface area contributed by atoms with Gasteiger partial charge in [0.15, 0.2) is 18.1 Å². The molecule has 0 aliphatic carbocycles. The van der Waals surface area contributed by atoms with Gasteiger partial charge in [0.05, 0.1) is 24.6 Å². The van der Waals surface area contributed by atoms with Crippen molar-refractivity contribution in [3.8, 4) is 17.2 Å². The fourth-order valence-corrected chi connectivity index (χ4v) is 2.50. The lowest BCUT2D eigenvalue weighted by Crippen LogP contribution is -2.24. The smallest absolute Gasteiger partial charge is 0.379 e. The Morgan fingerprint density at radius 1 is 1.10 bits per heavy atom. The molecule has 0 aliphatic rings. The molecular formula is C21H17ClN2O6. The number of ether oxygens (including phenoxy) is 3. The maximum Gasteiger partial charge on any atom is 0.379 e. The maximum absolute atomic E-state index is 12.0. The molecule has 0 saturated carbocycles. The first-order valence-corrected chi connectivity index (χ1v) is 9.07. The standard InChI is InChI=1S/C21H17ClN2O6/c1-27-19-11-14(8-9-17(19)30-21(26)18-7-4-10-28-18)12-23-24-20(25)13-29-16-6-3-2-5-15(16)22/h2-12H,13H2,1H3,(H,24,25)/b23-12+. The number of carbonyl (C=O) groups is 2. The number of nitrogens with one attached hydrogen (secondary N) is 1. The molecule has 1 aromatic heterocycles. The molecule has 30 heavy (non-hydrogen) atoms. The molecule has 0 spiro atoms. The van der Waals surface area contributed by atoms with Gasteiger partial charge in [0.25, 0.3) is 5.91 Å². The van der Waals surface area contributed by atoms with Crippen LogP contribution in [0.4, 0.5) is 0 Å². The molecule has 1 amide bonds. The number of benzene rings is 2. The zero-order valence-corrected chi connectivity index (χ0v) is 16.6. The van der Waals surface area contributed by atoms with E-state index in [0.717, 1.165) is 0 Å². The van der Waals surface area contributed by atoms with Gasteiger partial charge in [0.2, 0.25) is 5.76 Å². The highest BCUT2D eigenvalue weighted by Gasteiger charge is 2.15. The second kappa shape index (κ2) is 10.1. The van der Waals surface area contributed by atoms with Crippen LogP contribution >= 0.6 is 11.6 Å². The van der Waals surface area contributed by atoms with Gasteiger partial charge < -0.3 is 18.6 Å². The zero-order valence-electron chi connectivity index (χ0n) is 15.8. The van der Waals surface area contributed by atoms with Gasteiger partial charge >= 0.3 is 5.97 Å². The van der Waals surface area contributed by atoms with Crippen LogP contribution in [0.2, 0.25) is 5.02 Å². The summed E-state index contributed by atoms with van der Waals surface area (Å²) in [5.41, 5.74) is 2.96. The van der Waals surface area contributed by atoms with Gasteiger partial charge in [-0.2, -0.15) is 5.10 Å². The molecule has 3 rings (SSSR count). The van der Waals surface area contributed by atoms with Crippen molar-refractivity contribution in [1.82, 2.24) is 5.43 Å². The number of halogens is 1. The first-order chi connectivity index (χ1) is 14.6. The number of nitrogens with zero attached hydrogens (tertiary/aromatic N) is 1. The lowest BCUT2D eigenvalue weighted by atomic mass is 10.2. The first kappa shape index (κ1) is 20.9. The normalized spacial score (nSPS) is 10.6. The average molecular weight is 429 g/mol. The molecule has 154 valence electrons. The van der Waals surface area contributed by atoms with Crippen LogP contribution in [0, 0.1) is 0 Å². The second-order valence-electron chi connectivity index (χ2n) is 5.79. The molecule has 0 saturated heterocycles. The van der Waals surface area contributed by atoms with Gasteiger partial charge in [0.1, 0.15) is 5.75 Å². The van der Waals surface area contributed by atoms with Crippen molar-refractivity contribution in [3.05, 3.63) is 77.2 Å². The molecule has 0 bridgehead atoms. The van der Waals surface area contributed by atoms with Crippen LogP contribution in [0.5, 0.6) is 17.2 Å². The molecule has 0 fully saturated rings. The van der Waals surface area contributed by atoms with Gasteiger partial charge in [0, 0.05) is 0 Å². The summed E-state index contributed by atoms with van der Waals surface area (Å²) >= 11 is 5.96. The third kappa shape index (κ3) is 5.62. The van der Waals surface area contributed by atoms with Crippen LogP contribution in [0.25, 0.3) is 0 Å². The lowest BCUT2D eigenvalue weighted by Gasteiger charge is -2.09. The minimum atomic E-state index is -0.648. The van der Waals surface area contributed by atoms with Gasteiger partial charge in [-0.1, -0.05) is 23.7 Å². The Bertz CT molecular complexity index is 1050. The number of para-hydroxylation sites is 1. The summed E-state index contributed by atoms with van der Waals surface area (Å²) in [4.78, 5) is 23.8. The summed E-state index contributed by atoms with van der Waals surface area (Å²) in [5.74, 6) is -0.0970. The van der Waals surface area contributed by atoms with E-state index in [1.54, 1.807) is 48.5 Å². The van der Waals surface area contributed by atoms with Gasteiger partial charge in [-0.25, -0.2) is 10.2 Å². The van der Waals surface area contributed by atoms with E-state index in [4.69, 9.17) is 30.2 Å². The van der Waals surface area contributed by atoms with Crippen molar-refractivity contribution in [1.29, 1.82) is 0 Å². The Morgan fingerprint density at radius 2 is 1.93 bits per heavy atom. The Kier molecular flexibility index (Phi) is 7.07. The number of furan rings is 1. The van der Waals surface area contributed by atoms with E-state index in [0.29, 0.717) is 22.1 Å². The summed E-state index contributed by atoms with van der Waals surface area (Å²) in [6, 6.07) is 14.7. The molecule has 2 aromatic carbocycles. The summed E-state index contributed by atoms with van der Waals surface area (Å²) in [5, 5.41) is 4.28. The number of hydrogen-bond donors (Lipinski definition) is 1. The van der Waals surface area contributed by atoms with Crippen LogP contribution in [0.15, 0.2) is 70.4 Å². The number of hydrazone groups is 1. The number of amides is 1. The number of esters is 1. The van der Waals surface area contributed by atoms with Crippen LogP contribution in [0.1, 0.15) is 16.1 Å². The van der Waals surface area contributed by atoms with Gasteiger partial charge in [-0.15, -0.1) is 0 Å². The van der Waals surface area contributed by atoms with E-state index in [2.05, 4.69) is 10.5 Å². The molecule has 8 nitrogen and oxygen atoms in total. The number of hydrogen-bond acceptors (Lipinski definition) is 7. The molecule has 9 heteroatoms. The third-order valence-corrected chi connectivity index (χ3v) is 4.02. The van der Waals surface area contributed by atoms with E-state index in [1.807, 2.05) is 0 Å². The van der Waals surface area contributed by atoms with Crippen molar-refractivity contribution in [2.75, 3.05) is 13.7 Å². The lowest BCUT2D eigenvalue weighted by molar-refractivity contribution is -0.123. The van der Waals surface area contributed by atoms with Crippen LogP contribution < -0.4 is 19.6 Å². The summed E-state index contributed by atoms with van der Waals surface area (Å²) in [7, 11) is 1.44. The Balaban J connectivity index is 1.55. The van der Waals surface area contributed by atoms with Crippen LogP contribution in [0.3, 0.4) is 0 Å². The largest absolute Gasteiger partial charge is 0.493 e. The van der Waals surface area contributed by atoms with Crippen LogP contribution in [-0.4, -0.2) is 31.8 Å². The Morgan fingerprint density at radius 3 is 2.67 bits per heavy atom. The molecular weight excluding hydrogens is 412 g/mol. The molecule has 0 atom stereocenters. The molecule has 3 aromatic rings. The number of methoxy groups -OCH3 is 1. The number of rotatable bonds is 8. The van der Waals surface area contributed by atoms with E-state index in [1.165, 1.54) is 25.7 Å². The summed E-state index contributed by atoms with van der Waals surface area (Å²) in [6.45, 7) is -0.244. The van der Waals surface area contributed by atoms with E-state index in [9.17, 15) is 9.59 Å². The van der Waals surface area contributed by atoms with E-state index < -0.39 is 11.9 Å². The van der Waals surface area contributed by atoms with Crippen molar-refractivity contribution in [3.63, 3.8) is 0 Å². The van der Waals surface area contributed by atoms with Crippen molar-refractivity contribution < 1.29 is 28.2 Å². The summed E-state index contributed by atoms with van der Waals surface area (Å²) < 4.78 is 20.8. The third-order valence-electron chi connectivity index (χ3n) is 3.71. The number of carbonyl (C=O) groups excluding carboxylic acids is 2. The first-order valence-electron chi connectivity index (χ1n) is 8.70. The minimum absolute atomic E-state index is 0.0735. The minimum Gasteiger partial charge on any atom is -0.493 e. The summed E-state index contributed by atoms with van der Waals surface area (Å²) in [6.07, 6.45) is 2.79. The van der Waals surface area contributed by atoms with Crippen molar-refractivity contribution in [2.45, 2.75) is 0 Å². The highest BCUT2D eigenvalue weighted by atomic mass is 35.5. The highest BCUT2D eigenvalue weighted by molar-refractivity contribution is 6.32. The van der Waals surface area contributed by atoms with Crippen LogP contribution in [-0.2, 0) is 4.79 Å². The van der Waals surface area contributed by atoms with Gasteiger partial charge in [-0.3, -0.25) is 4.79 Å². The fraction of sp³-hybridized carbons (Fsp3) is 0.0952. The fourth-order valence-electron chi connectivity index (χ4n) is 2.31. The molecule has 0 unspecified atom stereocenters. The van der Waals surface area contributed by atoms with Crippen molar-refractivity contribution >= 4 is 29.7 Å². The van der Waals surface area contributed by atoms with Gasteiger partial charge in [-0.05, 0) is 48.0 Å². The monoisotopic (exact) mass is 428 g/mol. The average Bonchev–Trinajstić information content (AvgIpc) is 3.29. The topological polar surface area (TPSA) is 99.4 Å². The second-order valence-corrected chi connectivity index (χ2v) is 6.20. The predicted octanol–water partition coefficient (Wildman–Crippen LogP) is 3.69. The van der Waals surface area contributed by atoms with E-state index >= 15 is 0 Å². The molecule has 0 aliphatic heterocycles. The quantitative estimate of drug-likeness (QED) is 0.254. The van der Waals surface area contributed by atoms with Crippen molar-refractivity contribution in [2.24, 2.45) is 5.10 Å². The molecule has 0 radical (unpaired) electrons. The SMILES string of the molecule is COc1cc(/C=N/NC(=O)COc2ccccc2Cl)ccc1OC(=O)c1ccco1. The highest BCUT2D eigenvalue weighted by Crippen LogP contribution is 2.28. The van der Waals surface area contributed by atoms with E-state index in [-0.39, 0.29) is 18.1 Å². The molecule has 1 N–H and O–H groups in total. The Labute approximate surface area is 177 Å². The predicted molar refractivity (Wildman–Crippen MR) is 109 cm³/mol. The Hall–Kier alpha value is -3.78. The maximum atomic E-state index is 12.0. The molecule has 1 heterocycles.